The van der Waals surface area contributed by atoms with Gasteiger partial charge in [-0.25, -0.2) is 0 Å². The highest BCUT2D eigenvalue weighted by molar-refractivity contribution is 5.96. The SMILES string of the molecule is COc1ccc(CCN(Cc2ccco2)C(=O)CN(CC(C)C)C(=O)c2ccc(C(C)(C)C)cc2)cc1OC. The number of ether oxygens (including phenoxy) is 2. The van der Waals surface area contributed by atoms with Crippen LogP contribution >= 0.6 is 0 Å². The van der Waals surface area contributed by atoms with Gasteiger partial charge in [0.2, 0.25) is 5.91 Å². The lowest BCUT2D eigenvalue weighted by Gasteiger charge is -2.29. The molecule has 210 valence electrons. The Balaban J connectivity index is 1.79. The topological polar surface area (TPSA) is 72.2 Å². The van der Waals surface area contributed by atoms with Crippen LogP contribution in [0.15, 0.2) is 65.3 Å². The van der Waals surface area contributed by atoms with Gasteiger partial charge in [0.1, 0.15) is 12.3 Å². The van der Waals surface area contributed by atoms with Gasteiger partial charge < -0.3 is 23.7 Å². The summed E-state index contributed by atoms with van der Waals surface area (Å²) in [7, 11) is 3.20. The first-order valence-corrected chi connectivity index (χ1v) is 13.4. The second-order valence-electron chi connectivity index (χ2n) is 11.2. The first-order valence-electron chi connectivity index (χ1n) is 13.4. The van der Waals surface area contributed by atoms with Gasteiger partial charge >= 0.3 is 0 Å². The second kappa shape index (κ2) is 13.4. The molecule has 2 aromatic carbocycles. The number of amides is 2. The Labute approximate surface area is 232 Å². The fourth-order valence-corrected chi connectivity index (χ4v) is 4.40. The van der Waals surface area contributed by atoms with Crippen LogP contribution in [0, 0.1) is 5.92 Å². The van der Waals surface area contributed by atoms with E-state index in [1.54, 1.807) is 30.3 Å². The molecule has 1 heterocycles. The molecular formula is C32H42N2O5. The first kappa shape index (κ1) is 29.8. The smallest absolute Gasteiger partial charge is 0.254 e. The largest absolute Gasteiger partial charge is 0.493 e. The lowest BCUT2D eigenvalue weighted by Crippen LogP contribution is -2.44. The predicted octanol–water partition coefficient (Wildman–Crippen LogP) is 5.96. The van der Waals surface area contributed by atoms with Gasteiger partial charge in [-0.05, 0) is 65.3 Å². The van der Waals surface area contributed by atoms with Crippen LogP contribution in [0.1, 0.15) is 61.9 Å². The zero-order chi connectivity index (χ0) is 28.6. The number of hydrogen-bond acceptors (Lipinski definition) is 5. The molecule has 0 saturated heterocycles. The maximum atomic E-state index is 13.7. The number of carbonyl (C=O) groups excluding carboxylic acids is 2. The number of benzene rings is 2. The lowest BCUT2D eigenvalue weighted by molar-refractivity contribution is -0.132. The molecule has 0 atom stereocenters. The van der Waals surface area contributed by atoms with E-state index in [9.17, 15) is 9.59 Å². The van der Waals surface area contributed by atoms with E-state index in [-0.39, 0.29) is 29.7 Å². The molecule has 0 aliphatic rings. The Morgan fingerprint density at radius 2 is 1.62 bits per heavy atom. The van der Waals surface area contributed by atoms with E-state index < -0.39 is 0 Å². The molecule has 0 N–H and O–H groups in total. The summed E-state index contributed by atoms with van der Waals surface area (Å²) in [5.74, 6) is 1.92. The number of nitrogens with zero attached hydrogens (tertiary/aromatic N) is 2. The summed E-state index contributed by atoms with van der Waals surface area (Å²) >= 11 is 0. The van der Waals surface area contributed by atoms with E-state index in [0.29, 0.717) is 48.9 Å². The van der Waals surface area contributed by atoms with Crippen molar-refractivity contribution in [3.8, 4) is 11.5 Å². The second-order valence-corrected chi connectivity index (χ2v) is 11.2. The summed E-state index contributed by atoms with van der Waals surface area (Å²) in [5.41, 5.74) is 2.75. The van der Waals surface area contributed by atoms with Gasteiger partial charge in [-0.2, -0.15) is 0 Å². The maximum Gasteiger partial charge on any atom is 0.254 e. The average molecular weight is 535 g/mol. The van der Waals surface area contributed by atoms with E-state index in [4.69, 9.17) is 13.9 Å². The van der Waals surface area contributed by atoms with Crippen molar-refractivity contribution in [1.29, 1.82) is 0 Å². The quantitative estimate of drug-likeness (QED) is 0.287. The Hall–Kier alpha value is -3.74. The minimum absolute atomic E-state index is 0.00454. The van der Waals surface area contributed by atoms with Crippen LogP contribution in [0.4, 0.5) is 0 Å². The molecule has 0 unspecified atom stereocenters. The highest BCUT2D eigenvalue weighted by Crippen LogP contribution is 2.28. The predicted molar refractivity (Wildman–Crippen MR) is 153 cm³/mol. The lowest BCUT2D eigenvalue weighted by atomic mass is 9.86. The third kappa shape index (κ3) is 8.37. The average Bonchev–Trinajstić information content (AvgIpc) is 3.42. The minimum atomic E-state index is -0.143. The molecule has 1 aromatic heterocycles. The molecule has 39 heavy (non-hydrogen) atoms. The van der Waals surface area contributed by atoms with E-state index in [2.05, 4.69) is 20.8 Å². The normalized spacial score (nSPS) is 11.4. The first-order chi connectivity index (χ1) is 18.5. The van der Waals surface area contributed by atoms with Gasteiger partial charge in [0.25, 0.3) is 5.91 Å². The molecular weight excluding hydrogens is 492 g/mol. The van der Waals surface area contributed by atoms with Gasteiger partial charge in [-0.15, -0.1) is 0 Å². The number of rotatable bonds is 12. The summed E-state index contributed by atoms with van der Waals surface area (Å²) in [6.45, 7) is 11.8. The molecule has 0 aliphatic heterocycles. The number of carbonyl (C=O) groups is 2. The van der Waals surface area contributed by atoms with Crippen LogP contribution in [0.3, 0.4) is 0 Å². The summed E-state index contributed by atoms with van der Waals surface area (Å²) in [5, 5.41) is 0. The highest BCUT2D eigenvalue weighted by atomic mass is 16.5. The monoisotopic (exact) mass is 534 g/mol. The van der Waals surface area contributed by atoms with E-state index >= 15 is 0 Å². The summed E-state index contributed by atoms with van der Waals surface area (Å²) in [4.78, 5) is 30.6. The highest BCUT2D eigenvalue weighted by Gasteiger charge is 2.24. The molecule has 3 aromatic rings. The van der Waals surface area contributed by atoms with Crippen LogP contribution in [-0.2, 0) is 23.2 Å². The molecule has 0 radical (unpaired) electrons. The van der Waals surface area contributed by atoms with Crippen molar-refractivity contribution in [3.63, 3.8) is 0 Å². The van der Waals surface area contributed by atoms with Crippen LogP contribution in [0.25, 0.3) is 0 Å². The van der Waals surface area contributed by atoms with Crippen LogP contribution in [0.2, 0.25) is 0 Å². The zero-order valence-corrected chi connectivity index (χ0v) is 24.3. The summed E-state index contributed by atoms with van der Waals surface area (Å²) in [6.07, 6.45) is 2.21. The van der Waals surface area contributed by atoms with Crippen molar-refractivity contribution in [2.75, 3.05) is 33.9 Å². The Morgan fingerprint density at radius 3 is 2.18 bits per heavy atom. The number of methoxy groups -OCH3 is 2. The van der Waals surface area contributed by atoms with E-state index in [1.807, 2.05) is 68.4 Å². The van der Waals surface area contributed by atoms with Gasteiger partial charge in [-0.1, -0.05) is 52.8 Å². The van der Waals surface area contributed by atoms with Crippen molar-refractivity contribution in [2.45, 2.75) is 53.0 Å². The van der Waals surface area contributed by atoms with Gasteiger partial charge in [0, 0.05) is 18.7 Å². The molecule has 0 fully saturated rings. The van der Waals surface area contributed by atoms with Crippen molar-refractivity contribution in [3.05, 3.63) is 83.3 Å². The Morgan fingerprint density at radius 1 is 0.923 bits per heavy atom. The fraction of sp³-hybridized carbons (Fsp3) is 0.438. The molecule has 0 bridgehead atoms. The van der Waals surface area contributed by atoms with Crippen LogP contribution < -0.4 is 9.47 Å². The van der Waals surface area contributed by atoms with Crippen molar-refractivity contribution < 1.29 is 23.5 Å². The molecule has 3 rings (SSSR count). The molecule has 0 saturated carbocycles. The van der Waals surface area contributed by atoms with Crippen LogP contribution in [0.5, 0.6) is 11.5 Å². The third-order valence-electron chi connectivity index (χ3n) is 6.59. The van der Waals surface area contributed by atoms with E-state index in [1.165, 1.54) is 0 Å². The molecule has 2 amide bonds. The molecule has 0 aliphatic carbocycles. The van der Waals surface area contributed by atoms with Crippen molar-refractivity contribution in [1.82, 2.24) is 9.80 Å². The van der Waals surface area contributed by atoms with Gasteiger partial charge in [-0.3, -0.25) is 9.59 Å². The zero-order valence-electron chi connectivity index (χ0n) is 24.3. The minimum Gasteiger partial charge on any atom is -0.493 e. The van der Waals surface area contributed by atoms with Gasteiger partial charge in [0.05, 0.1) is 27.0 Å². The fourth-order valence-electron chi connectivity index (χ4n) is 4.40. The van der Waals surface area contributed by atoms with Crippen molar-refractivity contribution >= 4 is 11.8 Å². The molecule has 7 nitrogen and oxygen atoms in total. The molecule has 0 spiro atoms. The summed E-state index contributed by atoms with van der Waals surface area (Å²) < 4.78 is 16.3. The van der Waals surface area contributed by atoms with Crippen molar-refractivity contribution in [2.24, 2.45) is 5.92 Å². The van der Waals surface area contributed by atoms with Gasteiger partial charge in [0.15, 0.2) is 11.5 Å². The Kier molecular flexibility index (Phi) is 10.2. The van der Waals surface area contributed by atoms with E-state index in [0.717, 1.165) is 11.1 Å². The standard InChI is InChI=1S/C32H42N2O5/c1-23(2)20-34(31(36)25-11-13-26(14-12-25)32(3,4)5)22-30(35)33(21-27-9-8-18-39-27)17-16-24-10-15-28(37-6)29(19-24)38-7/h8-15,18-19,23H,16-17,20-22H2,1-7H3. The molecule has 7 heteroatoms. The Bertz CT molecular complexity index is 1210. The van der Waals surface area contributed by atoms with Crippen LogP contribution in [-0.4, -0.2) is 55.5 Å². The summed E-state index contributed by atoms with van der Waals surface area (Å²) in [6, 6.07) is 17.1. The maximum absolute atomic E-state index is 13.7. The number of furan rings is 1. The number of hydrogen-bond donors (Lipinski definition) is 0. The third-order valence-corrected chi connectivity index (χ3v) is 6.59.